The SMILES string of the molecule is O=C(NCc1ccc(C(=O)N2CCCC2)cc1)C1CCC2NNNC2C1. The second-order valence-corrected chi connectivity index (χ2v) is 7.55. The number of fused-ring (bicyclic) bond motifs is 1. The fourth-order valence-electron chi connectivity index (χ4n) is 4.17. The molecule has 7 heteroatoms. The van der Waals surface area contributed by atoms with Crippen LogP contribution in [-0.4, -0.2) is 41.9 Å². The first-order valence-corrected chi connectivity index (χ1v) is 9.63. The molecule has 1 aromatic carbocycles. The highest BCUT2D eigenvalue weighted by Crippen LogP contribution is 2.26. The minimum Gasteiger partial charge on any atom is -0.352 e. The molecule has 4 rings (SSSR count). The predicted molar refractivity (Wildman–Crippen MR) is 97.8 cm³/mol. The molecule has 4 N–H and O–H groups in total. The van der Waals surface area contributed by atoms with Gasteiger partial charge in [0.2, 0.25) is 5.91 Å². The normalized spacial score (nSPS) is 28.0. The monoisotopic (exact) mass is 357 g/mol. The first-order chi connectivity index (χ1) is 12.7. The van der Waals surface area contributed by atoms with Gasteiger partial charge in [-0.15, -0.1) is 0 Å². The van der Waals surface area contributed by atoms with Gasteiger partial charge in [0.15, 0.2) is 0 Å². The number of carbonyl (C=O) groups excluding carboxylic acids is 2. The third-order valence-corrected chi connectivity index (χ3v) is 5.80. The van der Waals surface area contributed by atoms with E-state index in [0.717, 1.165) is 56.3 Å². The minimum absolute atomic E-state index is 0.0569. The Morgan fingerprint density at radius 1 is 1.04 bits per heavy atom. The first-order valence-electron chi connectivity index (χ1n) is 9.63. The molecule has 1 aromatic rings. The third-order valence-electron chi connectivity index (χ3n) is 5.80. The Labute approximate surface area is 153 Å². The molecule has 2 heterocycles. The largest absolute Gasteiger partial charge is 0.352 e. The smallest absolute Gasteiger partial charge is 0.253 e. The summed E-state index contributed by atoms with van der Waals surface area (Å²) >= 11 is 0. The lowest BCUT2D eigenvalue weighted by atomic mass is 9.82. The van der Waals surface area contributed by atoms with Gasteiger partial charge in [-0.25, -0.2) is 10.9 Å². The van der Waals surface area contributed by atoms with Crippen molar-refractivity contribution in [2.75, 3.05) is 13.1 Å². The Hall–Kier alpha value is -1.96. The lowest BCUT2D eigenvalue weighted by Crippen LogP contribution is -2.44. The highest BCUT2D eigenvalue weighted by molar-refractivity contribution is 5.94. The molecule has 2 amide bonds. The molecule has 26 heavy (non-hydrogen) atoms. The maximum absolute atomic E-state index is 12.5. The van der Waals surface area contributed by atoms with Gasteiger partial charge in [0, 0.05) is 43.2 Å². The van der Waals surface area contributed by atoms with E-state index in [1.807, 2.05) is 29.2 Å². The second-order valence-electron chi connectivity index (χ2n) is 7.55. The van der Waals surface area contributed by atoms with E-state index in [4.69, 9.17) is 0 Å². The Morgan fingerprint density at radius 2 is 1.77 bits per heavy atom. The van der Waals surface area contributed by atoms with Crippen molar-refractivity contribution in [2.45, 2.75) is 50.7 Å². The summed E-state index contributed by atoms with van der Waals surface area (Å²) in [7, 11) is 0. The molecule has 1 aliphatic carbocycles. The van der Waals surface area contributed by atoms with Crippen LogP contribution in [0, 0.1) is 5.92 Å². The highest BCUT2D eigenvalue weighted by Gasteiger charge is 2.36. The Kier molecular flexibility index (Phi) is 5.19. The maximum Gasteiger partial charge on any atom is 0.253 e. The van der Waals surface area contributed by atoms with E-state index in [0.29, 0.717) is 18.6 Å². The summed E-state index contributed by atoms with van der Waals surface area (Å²) in [6, 6.07) is 8.34. The maximum atomic E-state index is 12.5. The van der Waals surface area contributed by atoms with E-state index in [-0.39, 0.29) is 17.7 Å². The van der Waals surface area contributed by atoms with Gasteiger partial charge in [-0.2, -0.15) is 5.53 Å². The summed E-state index contributed by atoms with van der Waals surface area (Å²) in [4.78, 5) is 26.7. The quantitative estimate of drug-likeness (QED) is 0.637. The van der Waals surface area contributed by atoms with E-state index in [1.54, 1.807) is 0 Å². The van der Waals surface area contributed by atoms with Gasteiger partial charge in [0.25, 0.3) is 5.91 Å². The summed E-state index contributed by atoms with van der Waals surface area (Å²) in [5, 5.41) is 3.05. The van der Waals surface area contributed by atoms with Crippen molar-refractivity contribution in [1.82, 2.24) is 26.6 Å². The lowest BCUT2D eigenvalue weighted by molar-refractivity contribution is -0.126. The van der Waals surface area contributed by atoms with Crippen LogP contribution in [0.25, 0.3) is 0 Å². The van der Waals surface area contributed by atoms with Crippen LogP contribution in [0.15, 0.2) is 24.3 Å². The van der Waals surface area contributed by atoms with Crippen LogP contribution in [-0.2, 0) is 11.3 Å². The number of carbonyl (C=O) groups is 2. The van der Waals surface area contributed by atoms with Crippen LogP contribution in [0.4, 0.5) is 0 Å². The number of amides is 2. The molecule has 0 aromatic heterocycles. The second kappa shape index (κ2) is 7.73. The van der Waals surface area contributed by atoms with E-state index in [1.165, 1.54) is 0 Å². The molecule has 3 aliphatic rings. The van der Waals surface area contributed by atoms with Crippen LogP contribution in [0.2, 0.25) is 0 Å². The summed E-state index contributed by atoms with van der Waals surface area (Å²) in [5.41, 5.74) is 11.1. The zero-order chi connectivity index (χ0) is 17.9. The number of hydrogen-bond donors (Lipinski definition) is 4. The van der Waals surface area contributed by atoms with Gasteiger partial charge in [-0.05, 0) is 49.8 Å². The van der Waals surface area contributed by atoms with Crippen molar-refractivity contribution in [3.8, 4) is 0 Å². The molecule has 2 aliphatic heterocycles. The first kappa shape index (κ1) is 17.5. The van der Waals surface area contributed by atoms with Gasteiger partial charge < -0.3 is 10.2 Å². The summed E-state index contributed by atoms with van der Waals surface area (Å²) < 4.78 is 0. The van der Waals surface area contributed by atoms with Crippen LogP contribution >= 0.6 is 0 Å². The van der Waals surface area contributed by atoms with Gasteiger partial charge >= 0.3 is 0 Å². The molecular weight excluding hydrogens is 330 g/mol. The number of benzene rings is 1. The Bertz CT molecular complexity index is 656. The van der Waals surface area contributed by atoms with Gasteiger partial charge in [0.1, 0.15) is 0 Å². The third kappa shape index (κ3) is 3.75. The molecule has 3 atom stereocenters. The van der Waals surface area contributed by atoms with Gasteiger partial charge in [-0.3, -0.25) is 9.59 Å². The van der Waals surface area contributed by atoms with Crippen molar-refractivity contribution in [3.63, 3.8) is 0 Å². The van der Waals surface area contributed by atoms with Gasteiger partial charge in [-0.1, -0.05) is 12.1 Å². The van der Waals surface area contributed by atoms with Crippen molar-refractivity contribution in [3.05, 3.63) is 35.4 Å². The molecule has 3 unspecified atom stereocenters. The number of likely N-dealkylation sites (tertiary alicyclic amines) is 1. The van der Waals surface area contributed by atoms with E-state index in [2.05, 4.69) is 21.7 Å². The Balaban J connectivity index is 1.27. The number of nitrogens with one attached hydrogen (secondary N) is 4. The van der Waals surface area contributed by atoms with E-state index in [9.17, 15) is 9.59 Å². The molecule has 2 saturated heterocycles. The molecule has 7 nitrogen and oxygen atoms in total. The molecule has 3 fully saturated rings. The molecule has 1 saturated carbocycles. The fourth-order valence-corrected chi connectivity index (χ4v) is 4.17. The fraction of sp³-hybridized carbons (Fsp3) is 0.579. The van der Waals surface area contributed by atoms with Crippen LogP contribution in [0.3, 0.4) is 0 Å². The molecule has 0 spiro atoms. The van der Waals surface area contributed by atoms with Crippen LogP contribution in [0.5, 0.6) is 0 Å². The molecule has 0 bridgehead atoms. The summed E-state index contributed by atoms with van der Waals surface area (Å²) in [5.74, 6) is 0.289. The zero-order valence-corrected chi connectivity index (χ0v) is 15.0. The highest BCUT2D eigenvalue weighted by atomic mass is 16.2. The van der Waals surface area contributed by atoms with Crippen LogP contribution in [0.1, 0.15) is 48.0 Å². The van der Waals surface area contributed by atoms with Gasteiger partial charge in [0.05, 0.1) is 0 Å². The number of rotatable bonds is 4. The van der Waals surface area contributed by atoms with Crippen LogP contribution < -0.4 is 21.7 Å². The van der Waals surface area contributed by atoms with E-state index < -0.39 is 0 Å². The van der Waals surface area contributed by atoms with Crippen molar-refractivity contribution in [2.24, 2.45) is 5.92 Å². The zero-order valence-electron chi connectivity index (χ0n) is 15.0. The lowest BCUT2D eigenvalue weighted by Gasteiger charge is -2.29. The Morgan fingerprint density at radius 3 is 2.54 bits per heavy atom. The standard InChI is InChI=1S/C19H27N5O2/c25-18(15-7-8-16-17(11-15)22-23-21-16)20-12-13-3-5-14(6-4-13)19(26)24-9-1-2-10-24/h3-6,15-17,21-23H,1-2,7-12H2,(H,20,25). The van der Waals surface area contributed by atoms with Crippen molar-refractivity contribution < 1.29 is 9.59 Å². The predicted octanol–water partition coefficient (Wildman–Crippen LogP) is 0.689. The number of hydrogen-bond acceptors (Lipinski definition) is 5. The van der Waals surface area contributed by atoms with Crippen molar-refractivity contribution >= 4 is 11.8 Å². The van der Waals surface area contributed by atoms with Crippen molar-refractivity contribution in [1.29, 1.82) is 0 Å². The average molecular weight is 357 g/mol. The summed E-state index contributed by atoms with van der Waals surface area (Å²) in [6.07, 6.45) is 4.95. The molecule has 140 valence electrons. The molecule has 0 radical (unpaired) electrons. The van der Waals surface area contributed by atoms with E-state index >= 15 is 0 Å². The molecular formula is C19H27N5O2. The number of nitrogens with zero attached hydrogens (tertiary/aromatic N) is 1. The number of hydrazine groups is 2. The minimum atomic E-state index is 0.0569. The summed E-state index contributed by atoms with van der Waals surface area (Å²) in [6.45, 7) is 2.23. The average Bonchev–Trinajstić information content (AvgIpc) is 3.37. The topological polar surface area (TPSA) is 85.5 Å².